The van der Waals surface area contributed by atoms with Crippen molar-refractivity contribution >= 4 is 29.2 Å². The number of carbonyl (C=O) groups is 3. The van der Waals surface area contributed by atoms with Crippen LogP contribution in [0.4, 0.5) is 5.69 Å². The van der Waals surface area contributed by atoms with Crippen LogP contribution in [0.3, 0.4) is 0 Å². The van der Waals surface area contributed by atoms with E-state index in [1.807, 2.05) is 0 Å². The summed E-state index contributed by atoms with van der Waals surface area (Å²) in [7, 11) is 4.24. The number of hydrogen-bond donors (Lipinski definition) is 0. The van der Waals surface area contributed by atoms with Crippen molar-refractivity contribution in [3.63, 3.8) is 0 Å². The largest absolute Gasteiger partial charge is 0.493 e. The van der Waals surface area contributed by atoms with Gasteiger partial charge in [-0.3, -0.25) is 9.59 Å². The number of amides is 2. The Balaban J connectivity index is 1.72. The third kappa shape index (κ3) is 2.86. The average Bonchev–Trinajstić information content (AvgIpc) is 3.32. The van der Waals surface area contributed by atoms with Crippen LogP contribution in [0.25, 0.3) is 0 Å². The number of carbonyl (C=O) groups excluding carboxylic acids is 3. The second kappa shape index (κ2) is 7.51. The van der Waals surface area contributed by atoms with Gasteiger partial charge in [0, 0.05) is 5.56 Å². The number of rotatable bonds is 5. The molecule has 2 aliphatic heterocycles. The predicted octanol–water partition coefficient (Wildman–Crippen LogP) is 1.78. The molecule has 2 amide bonds. The molecule has 9 nitrogen and oxygen atoms in total. The zero-order valence-electron chi connectivity index (χ0n) is 16.4. The molecule has 154 valence electrons. The molecule has 0 spiro atoms. The second-order valence-electron chi connectivity index (χ2n) is 6.57. The van der Waals surface area contributed by atoms with Gasteiger partial charge >= 0.3 is 5.97 Å². The number of methoxy groups -OCH3 is 3. The van der Waals surface area contributed by atoms with E-state index in [1.165, 1.54) is 33.5 Å². The van der Waals surface area contributed by atoms with E-state index < -0.39 is 29.8 Å². The number of ether oxygens (including phenoxy) is 3. The number of nitrogens with zero attached hydrogens (tertiary/aromatic N) is 2. The Morgan fingerprint density at radius 1 is 1.00 bits per heavy atom. The highest BCUT2D eigenvalue weighted by Gasteiger charge is 2.56. The number of anilines is 1. The minimum Gasteiger partial charge on any atom is -0.493 e. The highest BCUT2D eigenvalue weighted by atomic mass is 16.7. The van der Waals surface area contributed by atoms with Crippen molar-refractivity contribution in [2.45, 2.75) is 6.10 Å². The molecule has 9 heteroatoms. The lowest BCUT2D eigenvalue weighted by molar-refractivity contribution is -0.126. The van der Waals surface area contributed by atoms with Crippen LogP contribution in [-0.2, 0) is 19.2 Å². The van der Waals surface area contributed by atoms with E-state index in [2.05, 4.69) is 5.16 Å². The maximum Gasteiger partial charge on any atom is 0.339 e. The second-order valence-corrected chi connectivity index (χ2v) is 6.57. The molecule has 30 heavy (non-hydrogen) atoms. The summed E-state index contributed by atoms with van der Waals surface area (Å²) in [6, 6.07) is 11.3. The van der Waals surface area contributed by atoms with Gasteiger partial charge in [-0.2, -0.15) is 0 Å². The zero-order valence-corrected chi connectivity index (χ0v) is 16.4. The summed E-state index contributed by atoms with van der Waals surface area (Å²) in [6.07, 6.45) is -1.11. The number of hydrogen-bond acceptors (Lipinski definition) is 8. The molecule has 0 unspecified atom stereocenters. The first-order valence-electron chi connectivity index (χ1n) is 9.03. The summed E-state index contributed by atoms with van der Waals surface area (Å²) < 4.78 is 15.3. The first-order chi connectivity index (χ1) is 14.5. The van der Waals surface area contributed by atoms with Crippen molar-refractivity contribution in [3.05, 3.63) is 53.6 Å². The monoisotopic (exact) mass is 410 g/mol. The van der Waals surface area contributed by atoms with Gasteiger partial charge in [-0.1, -0.05) is 17.3 Å². The van der Waals surface area contributed by atoms with Gasteiger partial charge < -0.3 is 19.0 Å². The van der Waals surface area contributed by atoms with Crippen LogP contribution in [0.5, 0.6) is 11.5 Å². The molecule has 2 aromatic carbocycles. The van der Waals surface area contributed by atoms with E-state index in [-0.39, 0.29) is 11.3 Å². The molecule has 2 atom stereocenters. The maximum absolute atomic E-state index is 13.3. The fraction of sp³-hybridized carbons (Fsp3) is 0.238. The molecule has 0 saturated carbocycles. The Hall–Kier alpha value is -3.88. The third-order valence-corrected chi connectivity index (χ3v) is 5.04. The Labute approximate surface area is 171 Å². The van der Waals surface area contributed by atoms with Crippen LogP contribution in [0.15, 0.2) is 47.6 Å². The Kier molecular flexibility index (Phi) is 4.86. The normalized spacial score (nSPS) is 19.8. The van der Waals surface area contributed by atoms with Crippen LogP contribution >= 0.6 is 0 Å². The smallest absolute Gasteiger partial charge is 0.339 e. The lowest BCUT2D eigenvalue weighted by Crippen LogP contribution is -2.34. The van der Waals surface area contributed by atoms with Crippen molar-refractivity contribution in [1.82, 2.24) is 0 Å². The SMILES string of the molecule is COC(=O)c1ccccc1N1C(=O)[C@H]2C(c3ccc(OC)c(OC)c3)=NO[C@H]2C1=O. The highest BCUT2D eigenvalue weighted by Crippen LogP contribution is 2.38. The van der Waals surface area contributed by atoms with Crippen LogP contribution in [-0.4, -0.2) is 50.9 Å². The molecule has 2 aromatic rings. The highest BCUT2D eigenvalue weighted by molar-refractivity contribution is 6.33. The number of fused-ring (bicyclic) bond motifs is 1. The van der Waals surface area contributed by atoms with Crippen LogP contribution in [0, 0.1) is 5.92 Å². The van der Waals surface area contributed by atoms with Gasteiger partial charge in [-0.05, 0) is 30.3 Å². The topological polar surface area (TPSA) is 104 Å². The lowest BCUT2D eigenvalue weighted by Gasteiger charge is -2.18. The molecule has 0 radical (unpaired) electrons. The summed E-state index contributed by atoms with van der Waals surface area (Å²) >= 11 is 0. The van der Waals surface area contributed by atoms with Crippen LogP contribution in [0.2, 0.25) is 0 Å². The fourth-order valence-corrected chi connectivity index (χ4v) is 3.60. The fourth-order valence-electron chi connectivity index (χ4n) is 3.60. The Morgan fingerprint density at radius 2 is 1.73 bits per heavy atom. The summed E-state index contributed by atoms with van der Waals surface area (Å²) in [5.41, 5.74) is 1.11. The molecule has 1 fully saturated rings. The van der Waals surface area contributed by atoms with E-state index in [4.69, 9.17) is 19.0 Å². The number of para-hydroxylation sites is 1. The molecular formula is C21H18N2O7. The molecule has 2 aliphatic rings. The van der Waals surface area contributed by atoms with E-state index in [1.54, 1.807) is 30.3 Å². The quantitative estimate of drug-likeness (QED) is 0.547. The molecule has 4 rings (SSSR count). The number of benzene rings is 2. The van der Waals surface area contributed by atoms with Gasteiger partial charge in [0.1, 0.15) is 11.6 Å². The number of oxime groups is 1. The summed E-state index contributed by atoms with van der Waals surface area (Å²) in [4.78, 5) is 44.6. The molecule has 2 heterocycles. The van der Waals surface area contributed by atoms with E-state index in [0.717, 1.165) is 4.90 Å². The van der Waals surface area contributed by atoms with Crippen molar-refractivity contribution in [3.8, 4) is 11.5 Å². The number of imide groups is 1. The van der Waals surface area contributed by atoms with Gasteiger partial charge in [0.05, 0.1) is 32.6 Å². The lowest BCUT2D eigenvalue weighted by atomic mass is 9.94. The van der Waals surface area contributed by atoms with Crippen molar-refractivity contribution in [1.29, 1.82) is 0 Å². The first-order valence-corrected chi connectivity index (χ1v) is 9.03. The van der Waals surface area contributed by atoms with Gasteiger partial charge in [-0.15, -0.1) is 0 Å². The van der Waals surface area contributed by atoms with E-state index in [0.29, 0.717) is 22.8 Å². The predicted molar refractivity (Wildman–Crippen MR) is 105 cm³/mol. The molecule has 0 aliphatic carbocycles. The molecule has 0 bridgehead atoms. The Bertz CT molecular complexity index is 1080. The van der Waals surface area contributed by atoms with Gasteiger partial charge in [0.15, 0.2) is 11.5 Å². The van der Waals surface area contributed by atoms with Crippen molar-refractivity contribution in [2.75, 3.05) is 26.2 Å². The molecule has 0 aromatic heterocycles. The summed E-state index contributed by atoms with van der Waals surface area (Å²) in [6.45, 7) is 0. The van der Waals surface area contributed by atoms with Gasteiger partial charge in [-0.25, -0.2) is 9.69 Å². The van der Waals surface area contributed by atoms with Crippen molar-refractivity contribution < 1.29 is 33.4 Å². The summed E-state index contributed by atoms with van der Waals surface area (Å²) in [5, 5.41) is 3.98. The average molecular weight is 410 g/mol. The number of esters is 1. The Morgan fingerprint density at radius 3 is 2.43 bits per heavy atom. The van der Waals surface area contributed by atoms with E-state index >= 15 is 0 Å². The van der Waals surface area contributed by atoms with Gasteiger partial charge in [0.25, 0.3) is 5.91 Å². The third-order valence-electron chi connectivity index (χ3n) is 5.04. The zero-order chi connectivity index (χ0) is 21.4. The standard InChI is InChI=1S/C21H18N2O7/c1-27-14-9-8-11(10-15(14)28-2)17-16-18(30-22-17)20(25)23(19(16)24)13-7-5-4-6-12(13)21(26)29-3/h4-10,16,18H,1-3H3/t16-,18+/m0/s1. The molecule has 0 N–H and O–H groups in total. The molecule has 1 saturated heterocycles. The maximum atomic E-state index is 13.3. The van der Waals surface area contributed by atoms with E-state index in [9.17, 15) is 14.4 Å². The summed E-state index contributed by atoms with van der Waals surface area (Å²) in [5.74, 6) is -1.77. The van der Waals surface area contributed by atoms with Crippen molar-refractivity contribution in [2.24, 2.45) is 11.1 Å². The van der Waals surface area contributed by atoms with Gasteiger partial charge in [0.2, 0.25) is 12.0 Å². The first kappa shape index (κ1) is 19.4. The molecular weight excluding hydrogens is 392 g/mol. The minimum absolute atomic E-state index is 0.103. The minimum atomic E-state index is -1.11. The van der Waals surface area contributed by atoms with Crippen LogP contribution in [0.1, 0.15) is 15.9 Å². The van der Waals surface area contributed by atoms with Crippen LogP contribution < -0.4 is 14.4 Å².